The lowest BCUT2D eigenvalue weighted by molar-refractivity contribution is 0.0640. The van der Waals surface area contributed by atoms with Gasteiger partial charge in [0.2, 0.25) is 5.76 Å². The Bertz CT molecular complexity index is 372. The van der Waals surface area contributed by atoms with E-state index in [4.69, 9.17) is 4.52 Å². The summed E-state index contributed by atoms with van der Waals surface area (Å²) in [6.45, 7) is 1.95. The van der Waals surface area contributed by atoms with Gasteiger partial charge in [0.05, 0.1) is 5.56 Å². The molecule has 0 aromatic carbocycles. The van der Waals surface area contributed by atoms with Gasteiger partial charge in [-0.2, -0.15) is 0 Å². The number of carbonyl (C=O) groups is 1. The minimum absolute atomic E-state index is 0.261. The summed E-state index contributed by atoms with van der Waals surface area (Å²) in [4.78, 5) is 21.9. The zero-order valence-electron chi connectivity index (χ0n) is 6.09. The smallest absolute Gasteiger partial charge is 0.333 e. The zero-order chi connectivity index (χ0) is 8.01. The van der Waals surface area contributed by atoms with Crippen molar-refractivity contribution in [3.05, 3.63) is 21.7 Å². The van der Waals surface area contributed by atoms with E-state index < -0.39 is 0 Å². The second-order valence-electron chi connectivity index (χ2n) is 2.55. The number of hydrogen-bond donors (Lipinski definition) is 0. The Morgan fingerprint density at radius 1 is 1.45 bits per heavy atom. The molecule has 0 unspecified atom stereocenters. The summed E-state index contributed by atoms with van der Waals surface area (Å²) in [6, 6.07) is 0. The van der Waals surface area contributed by atoms with Crippen LogP contribution in [-0.4, -0.2) is 10.6 Å². The normalized spacial score (nSPS) is 13.4. The summed E-state index contributed by atoms with van der Waals surface area (Å²) >= 11 is 0. The first-order valence-electron chi connectivity index (χ1n) is 3.55. The van der Waals surface area contributed by atoms with Crippen molar-refractivity contribution < 1.29 is 9.32 Å². The number of aromatic nitrogens is 1. The van der Waals surface area contributed by atoms with Gasteiger partial charge in [0.1, 0.15) is 0 Å². The SMILES string of the molecule is CCCc1c2on(c1=O)C2=O. The predicted octanol–water partition coefficient (Wildman–Crippen LogP) is 0.396. The van der Waals surface area contributed by atoms with Crippen LogP contribution in [0.2, 0.25) is 0 Å². The van der Waals surface area contributed by atoms with E-state index in [9.17, 15) is 9.59 Å². The third-order valence-electron chi connectivity index (χ3n) is 1.78. The number of hydrogen-bond acceptors (Lipinski definition) is 3. The van der Waals surface area contributed by atoms with Crippen LogP contribution in [0.5, 0.6) is 0 Å². The molecule has 4 nitrogen and oxygen atoms in total. The topological polar surface area (TPSA) is 52.2 Å². The van der Waals surface area contributed by atoms with Gasteiger partial charge in [-0.1, -0.05) is 18.1 Å². The zero-order valence-corrected chi connectivity index (χ0v) is 6.09. The molecule has 2 aliphatic heterocycles. The van der Waals surface area contributed by atoms with Crippen LogP contribution in [0.15, 0.2) is 9.32 Å². The van der Waals surface area contributed by atoms with Gasteiger partial charge >= 0.3 is 5.91 Å². The van der Waals surface area contributed by atoms with Gasteiger partial charge in [0, 0.05) is 0 Å². The van der Waals surface area contributed by atoms with Crippen LogP contribution in [0.1, 0.15) is 29.5 Å². The highest BCUT2D eigenvalue weighted by Crippen LogP contribution is 2.17. The van der Waals surface area contributed by atoms with Crippen molar-refractivity contribution in [2.24, 2.45) is 0 Å². The fourth-order valence-electron chi connectivity index (χ4n) is 1.23. The van der Waals surface area contributed by atoms with Crippen molar-refractivity contribution >= 4 is 5.91 Å². The first-order valence-corrected chi connectivity index (χ1v) is 3.55. The summed E-state index contributed by atoms with van der Waals surface area (Å²) in [5, 5.41) is 0. The molecule has 3 rings (SSSR count). The standard InChI is InChI=1S/C7H7NO3/c1-2-3-4-5-7(10)8(11-5)6(4)9/h2-3H2,1H3. The van der Waals surface area contributed by atoms with E-state index in [1.807, 2.05) is 6.92 Å². The summed E-state index contributed by atoms with van der Waals surface area (Å²) < 4.78 is 5.56. The maximum Gasteiger partial charge on any atom is 0.333 e. The summed E-state index contributed by atoms with van der Waals surface area (Å²) in [6.07, 6.45) is 1.49. The Morgan fingerprint density at radius 2 is 2.18 bits per heavy atom. The molecule has 0 atom stereocenters. The second kappa shape index (κ2) is 1.84. The van der Waals surface area contributed by atoms with Crippen LogP contribution < -0.4 is 5.56 Å². The first kappa shape index (κ1) is 6.39. The van der Waals surface area contributed by atoms with E-state index in [0.717, 1.165) is 11.2 Å². The van der Waals surface area contributed by atoms with Gasteiger partial charge in [0.15, 0.2) is 0 Å². The quantitative estimate of drug-likeness (QED) is 0.627. The molecule has 0 fully saturated rings. The summed E-state index contributed by atoms with van der Waals surface area (Å²) in [5.74, 6) is -0.0182. The first-order chi connectivity index (χ1) is 5.25. The lowest BCUT2D eigenvalue weighted by atomic mass is 10.2. The molecule has 4 heteroatoms. The number of nitrogens with zero attached hydrogens (tertiary/aromatic N) is 1. The van der Waals surface area contributed by atoms with E-state index in [1.165, 1.54) is 0 Å². The molecule has 0 radical (unpaired) electrons. The molecule has 0 aliphatic carbocycles. The van der Waals surface area contributed by atoms with E-state index in [1.54, 1.807) is 0 Å². The van der Waals surface area contributed by atoms with Gasteiger partial charge in [-0.3, -0.25) is 9.59 Å². The molecule has 0 amide bonds. The average Bonchev–Trinajstić information content (AvgIpc) is 2.39. The minimum Gasteiger partial charge on any atom is -0.362 e. The third-order valence-corrected chi connectivity index (χ3v) is 1.78. The van der Waals surface area contributed by atoms with E-state index in [-0.39, 0.29) is 17.2 Å². The van der Waals surface area contributed by atoms with E-state index in [2.05, 4.69) is 0 Å². The van der Waals surface area contributed by atoms with E-state index >= 15 is 0 Å². The largest absolute Gasteiger partial charge is 0.362 e. The van der Waals surface area contributed by atoms with Crippen LogP contribution >= 0.6 is 0 Å². The van der Waals surface area contributed by atoms with Crippen molar-refractivity contribution in [3.8, 4) is 0 Å². The van der Waals surface area contributed by atoms with Crippen molar-refractivity contribution in [2.75, 3.05) is 0 Å². The van der Waals surface area contributed by atoms with Crippen molar-refractivity contribution in [1.82, 2.24) is 4.74 Å². The summed E-state index contributed by atoms with van der Waals surface area (Å²) in [5.41, 5.74) is 0.268. The maximum atomic E-state index is 11.1. The predicted molar refractivity (Wildman–Crippen MR) is 36.7 cm³/mol. The molecular weight excluding hydrogens is 146 g/mol. The van der Waals surface area contributed by atoms with Crippen LogP contribution in [0.4, 0.5) is 0 Å². The fraction of sp³-hybridized carbons (Fsp3) is 0.429. The monoisotopic (exact) mass is 153 g/mol. The molecule has 0 N–H and O–H groups in total. The molecule has 0 spiro atoms. The second-order valence-corrected chi connectivity index (χ2v) is 2.55. The Balaban J connectivity index is 2.54. The molecular formula is C7H7NO3. The van der Waals surface area contributed by atoms with Crippen LogP contribution in [-0.2, 0) is 6.42 Å². The highest BCUT2D eigenvalue weighted by molar-refractivity contribution is 5.98. The number of carbonyl (C=O) groups excluding carboxylic acids is 1. The lowest BCUT2D eigenvalue weighted by Gasteiger charge is -2.00. The molecule has 2 aliphatic rings. The Kier molecular flexibility index (Phi) is 1.07. The number of rotatable bonds is 2. The highest BCUT2D eigenvalue weighted by Gasteiger charge is 2.35. The van der Waals surface area contributed by atoms with Gasteiger partial charge in [-0.25, -0.2) is 0 Å². The number of fused-ring (bicyclic) bond motifs is 1. The van der Waals surface area contributed by atoms with Gasteiger partial charge < -0.3 is 4.52 Å². The fourth-order valence-corrected chi connectivity index (χ4v) is 1.23. The molecule has 58 valence electrons. The van der Waals surface area contributed by atoms with Crippen molar-refractivity contribution in [3.63, 3.8) is 0 Å². The average molecular weight is 153 g/mol. The highest BCUT2D eigenvalue weighted by atomic mass is 16.5. The molecule has 2 bridgehead atoms. The molecule has 0 saturated carbocycles. The van der Waals surface area contributed by atoms with Gasteiger partial charge in [-0.15, -0.1) is 0 Å². The Morgan fingerprint density at radius 3 is 2.55 bits per heavy atom. The van der Waals surface area contributed by atoms with Gasteiger partial charge in [-0.05, 0) is 6.42 Å². The molecule has 11 heavy (non-hydrogen) atoms. The Hall–Kier alpha value is -1.32. The van der Waals surface area contributed by atoms with E-state index in [0.29, 0.717) is 12.0 Å². The summed E-state index contributed by atoms with van der Waals surface area (Å²) in [7, 11) is 0. The molecule has 3 heterocycles. The molecule has 1 aromatic rings. The molecule has 0 saturated heterocycles. The van der Waals surface area contributed by atoms with Crippen molar-refractivity contribution in [1.29, 1.82) is 0 Å². The van der Waals surface area contributed by atoms with Crippen molar-refractivity contribution in [2.45, 2.75) is 19.8 Å². The van der Waals surface area contributed by atoms with Crippen LogP contribution in [0.3, 0.4) is 0 Å². The minimum atomic E-state index is -0.279. The van der Waals surface area contributed by atoms with Crippen LogP contribution in [0.25, 0.3) is 0 Å². The lowest BCUT2D eigenvalue weighted by Crippen LogP contribution is -2.23. The van der Waals surface area contributed by atoms with Crippen LogP contribution in [0, 0.1) is 0 Å². The van der Waals surface area contributed by atoms with Gasteiger partial charge in [0.25, 0.3) is 5.56 Å². The Labute approximate surface area is 62.4 Å². The third kappa shape index (κ3) is 0.587. The molecule has 1 aromatic heterocycles. The maximum absolute atomic E-state index is 11.1.